The first kappa shape index (κ1) is 15.5. The number of aryl methyl sites for hydroxylation is 2. The third-order valence-corrected chi connectivity index (χ3v) is 5.93. The highest BCUT2D eigenvalue weighted by molar-refractivity contribution is 7.91. The van der Waals surface area contributed by atoms with Crippen LogP contribution in [-0.2, 0) is 9.84 Å². The van der Waals surface area contributed by atoms with Crippen LogP contribution in [0.5, 0.6) is 0 Å². The van der Waals surface area contributed by atoms with Crippen LogP contribution in [0.4, 0.5) is 0 Å². The van der Waals surface area contributed by atoms with E-state index in [-0.39, 0.29) is 15.6 Å². The van der Waals surface area contributed by atoms with E-state index in [1.165, 1.54) is 4.52 Å². The Bertz CT molecular complexity index is 1300. The lowest BCUT2D eigenvalue weighted by molar-refractivity contribution is 0.592. The molecule has 4 rings (SSSR count). The predicted octanol–water partition coefficient (Wildman–Crippen LogP) is 2.02. The predicted molar refractivity (Wildman–Crippen MR) is 92.5 cm³/mol. The van der Waals surface area contributed by atoms with Crippen LogP contribution in [-0.4, -0.2) is 28.2 Å². The van der Waals surface area contributed by atoms with Gasteiger partial charge in [-0.2, -0.15) is 4.98 Å². The number of para-hydroxylation sites is 1. The first-order valence-electron chi connectivity index (χ1n) is 7.58. The maximum atomic E-state index is 13.1. The molecule has 0 unspecified atom stereocenters. The van der Waals surface area contributed by atoms with Gasteiger partial charge >= 0.3 is 0 Å². The molecule has 0 spiro atoms. The second-order valence-corrected chi connectivity index (χ2v) is 7.72. The van der Waals surface area contributed by atoms with Crippen molar-refractivity contribution in [2.24, 2.45) is 0 Å². The molecular formula is C17H14N4O3S. The number of fused-ring (bicyclic) bond motifs is 3. The number of nitrogens with zero attached hydrogens (tertiary/aromatic N) is 3. The number of hydrogen-bond acceptors (Lipinski definition) is 5. The Balaban J connectivity index is 2.08. The molecule has 0 aliphatic rings. The van der Waals surface area contributed by atoms with E-state index in [0.29, 0.717) is 16.5 Å². The van der Waals surface area contributed by atoms with Crippen LogP contribution in [0, 0.1) is 13.8 Å². The van der Waals surface area contributed by atoms with Crippen molar-refractivity contribution in [3.8, 4) is 0 Å². The van der Waals surface area contributed by atoms with Crippen LogP contribution < -0.4 is 5.56 Å². The summed E-state index contributed by atoms with van der Waals surface area (Å²) >= 11 is 0. The van der Waals surface area contributed by atoms with Gasteiger partial charge in [0, 0.05) is 0 Å². The van der Waals surface area contributed by atoms with Gasteiger partial charge in [0.2, 0.25) is 14.9 Å². The van der Waals surface area contributed by atoms with Gasteiger partial charge in [-0.05, 0) is 43.2 Å². The first-order valence-corrected chi connectivity index (χ1v) is 9.06. The molecule has 2 heterocycles. The maximum absolute atomic E-state index is 13.1. The van der Waals surface area contributed by atoms with Crippen molar-refractivity contribution < 1.29 is 8.42 Å². The molecule has 1 N–H and O–H groups in total. The molecule has 4 aromatic rings. The molecule has 7 nitrogen and oxygen atoms in total. The number of aromatic nitrogens is 4. The fourth-order valence-electron chi connectivity index (χ4n) is 2.84. The molecule has 0 radical (unpaired) electrons. The molecule has 8 heteroatoms. The lowest BCUT2D eigenvalue weighted by Crippen LogP contribution is -2.12. The average Bonchev–Trinajstić information content (AvgIpc) is 3.02. The number of H-pyrrole nitrogens is 1. The minimum Gasteiger partial charge on any atom is -0.267 e. The van der Waals surface area contributed by atoms with E-state index in [1.807, 2.05) is 13.0 Å². The van der Waals surface area contributed by atoms with E-state index in [0.717, 1.165) is 5.56 Å². The van der Waals surface area contributed by atoms with Gasteiger partial charge in [-0.3, -0.25) is 4.79 Å². The lowest BCUT2D eigenvalue weighted by Gasteiger charge is -2.06. The Morgan fingerprint density at radius 3 is 2.64 bits per heavy atom. The van der Waals surface area contributed by atoms with Gasteiger partial charge < -0.3 is 0 Å². The monoisotopic (exact) mass is 354 g/mol. The molecule has 0 aliphatic carbocycles. The van der Waals surface area contributed by atoms with Crippen molar-refractivity contribution >= 4 is 26.4 Å². The highest BCUT2D eigenvalue weighted by Crippen LogP contribution is 2.26. The molecule has 2 aromatic carbocycles. The van der Waals surface area contributed by atoms with Crippen LogP contribution in [0.3, 0.4) is 0 Å². The van der Waals surface area contributed by atoms with Crippen molar-refractivity contribution in [3.05, 3.63) is 63.9 Å². The Hall–Kier alpha value is -3.00. The van der Waals surface area contributed by atoms with E-state index < -0.39 is 15.4 Å². The first-order chi connectivity index (χ1) is 11.9. The zero-order valence-corrected chi connectivity index (χ0v) is 14.3. The standard InChI is InChI=1S/C17H14N4O3S/c1-10-7-8-11(2)14(9-10)25(23,24)17-15-18-16(22)12-5-3-4-6-13(12)21(15)20-19-17/h3-9,20H,1-2H3. The third-order valence-electron chi connectivity index (χ3n) is 4.13. The number of sulfone groups is 1. The number of benzene rings is 2. The minimum absolute atomic E-state index is 0.00962. The van der Waals surface area contributed by atoms with Crippen molar-refractivity contribution in [1.82, 2.24) is 19.8 Å². The third kappa shape index (κ3) is 2.25. The molecule has 126 valence electrons. The highest BCUT2D eigenvalue weighted by Gasteiger charge is 2.27. The summed E-state index contributed by atoms with van der Waals surface area (Å²) in [6, 6.07) is 12.0. The summed E-state index contributed by atoms with van der Waals surface area (Å²) in [5, 5.41) is 6.74. The summed E-state index contributed by atoms with van der Waals surface area (Å²) in [5.41, 5.74) is 1.45. The van der Waals surface area contributed by atoms with E-state index in [2.05, 4.69) is 15.3 Å². The second-order valence-electron chi connectivity index (χ2n) is 5.88. The van der Waals surface area contributed by atoms with Crippen LogP contribution in [0.1, 0.15) is 11.1 Å². The minimum atomic E-state index is -3.93. The molecule has 0 aliphatic heterocycles. The van der Waals surface area contributed by atoms with Crippen LogP contribution in [0.2, 0.25) is 0 Å². The van der Waals surface area contributed by atoms with Gasteiger partial charge in [0.05, 0.1) is 15.8 Å². The van der Waals surface area contributed by atoms with Gasteiger partial charge in [0.1, 0.15) is 0 Å². The number of aromatic amines is 1. The van der Waals surface area contributed by atoms with Crippen LogP contribution >= 0.6 is 0 Å². The fraction of sp³-hybridized carbons (Fsp3) is 0.118. The molecule has 25 heavy (non-hydrogen) atoms. The van der Waals surface area contributed by atoms with Gasteiger partial charge in [0.25, 0.3) is 5.56 Å². The smallest absolute Gasteiger partial charge is 0.267 e. The SMILES string of the molecule is Cc1ccc(C)c(S(=O)(=O)c2n[nH]n3c2nc(=O)c2ccccc23)c1. The van der Waals surface area contributed by atoms with E-state index in [9.17, 15) is 13.2 Å². The van der Waals surface area contributed by atoms with Gasteiger partial charge in [-0.15, -0.1) is 5.10 Å². The van der Waals surface area contributed by atoms with Gasteiger partial charge in [-0.25, -0.2) is 18.1 Å². The highest BCUT2D eigenvalue weighted by atomic mass is 32.2. The second kappa shape index (κ2) is 5.25. The maximum Gasteiger partial charge on any atom is 0.281 e. The van der Waals surface area contributed by atoms with Gasteiger partial charge in [-0.1, -0.05) is 24.3 Å². The largest absolute Gasteiger partial charge is 0.281 e. The van der Waals surface area contributed by atoms with E-state index >= 15 is 0 Å². The quantitative estimate of drug-likeness (QED) is 0.594. The Labute approximate surface area is 142 Å². The van der Waals surface area contributed by atoms with E-state index in [1.54, 1.807) is 43.3 Å². The summed E-state index contributed by atoms with van der Waals surface area (Å²) in [7, 11) is -3.93. The molecule has 0 saturated carbocycles. The summed E-state index contributed by atoms with van der Waals surface area (Å²) < 4.78 is 27.6. The molecule has 0 bridgehead atoms. The fourth-order valence-corrected chi connectivity index (χ4v) is 4.42. The lowest BCUT2D eigenvalue weighted by atomic mass is 10.2. The van der Waals surface area contributed by atoms with Crippen LogP contribution in [0.25, 0.3) is 16.6 Å². The van der Waals surface area contributed by atoms with Crippen molar-refractivity contribution in [3.63, 3.8) is 0 Å². The summed E-state index contributed by atoms with van der Waals surface area (Å²) in [6.07, 6.45) is 0. The Morgan fingerprint density at radius 1 is 1.08 bits per heavy atom. The Kier molecular flexibility index (Phi) is 3.26. The number of rotatable bonds is 2. The molecule has 0 amide bonds. The van der Waals surface area contributed by atoms with Gasteiger partial charge in [0.15, 0.2) is 5.65 Å². The average molecular weight is 354 g/mol. The molecular weight excluding hydrogens is 340 g/mol. The molecule has 2 aromatic heterocycles. The normalized spacial score (nSPS) is 12.1. The number of nitrogens with one attached hydrogen (secondary N) is 1. The summed E-state index contributed by atoms with van der Waals surface area (Å²) in [6.45, 7) is 3.54. The van der Waals surface area contributed by atoms with Crippen LogP contribution in [0.15, 0.2) is 57.2 Å². The zero-order chi connectivity index (χ0) is 17.8. The topological polar surface area (TPSA) is 97.2 Å². The Morgan fingerprint density at radius 2 is 1.84 bits per heavy atom. The molecule has 0 saturated heterocycles. The number of hydrogen-bond donors (Lipinski definition) is 1. The zero-order valence-electron chi connectivity index (χ0n) is 13.5. The van der Waals surface area contributed by atoms with Crippen molar-refractivity contribution in [2.45, 2.75) is 23.8 Å². The summed E-state index contributed by atoms with van der Waals surface area (Å²) in [5.74, 6) is 0. The van der Waals surface area contributed by atoms with Crippen molar-refractivity contribution in [1.29, 1.82) is 0 Å². The van der Waals surface area contributed by atoms with E-state index in [4.69, 9.17) is 0 Å². The summed E-state index contributed by atoms with van der Waals surface area (Å²) in [4.78, 5) is 16.4. The molecule has 0 atom stereocenters. The van der Waals surface area contributed by atoms with Crippen molar-refractivity contribution in [2.75, 3.05) is 0 Å². The molecule has 0 fully saturated rings.